The highest BCUT2D eigenvalue weighted by atomic mass is 16.5. The lowest BCUT2D eigenvalue weighted by Crippen LogP contribution is -2.63. The Morgan fingerprint density at radius 1 is 1.03 bits per heavy atom. The summed E-state index contributed by atoms with van der Waals surface area (Å²) in [6, 6.07) is 14.6. The molecule has 0 radical (unpaired) electrons. The molecule has 34 heavy (non-hydrogen) atoms. The van der Waals surface area contributed by atoms with Crippen LogP contribution in [0, 0.1) is 5.41 Å². The fraction of sp³-hybridized carbons (Fsp3) is 0.385. The second kappa shape index (κ2) is 7.85. The first-order valence-corrected chi connectivity index (χ1v) is 11.7. The first-order valence-electron chi connectivity index (χ1n) is 11.7. The molecule has 176 valence electrons. The van der Waals surface area contributed by atoms with E-state index < -0.39 is 0 Å². The van der Waals surface area contributed by atoms with Gasteiger partial charge in [0.15, 0.2) is 5.82 Å². The molecule has 4 aromatic rings. The zero-order valence-corrected chi connectivity index (χ0v) is 19.6. The lowest BCUT2D eigenvalue weighted by molar-refractivity contribution is -0.142. The lowest BCUT2D eigenvalue weighted by atomic mass is 9.61. The maximum atomic E-state index is 6.33. The third-order valence-electron chi connectivity index (χ3n) is 7.50. The summed E-state index contributed by atoms with van der Waals surface area (Å²) in [5.74, 6) is 1.42. The molecular weight excluding hydrogens is 428 g/mol. The van der Waals surface area contributed by atoms with Gasteiger partial charge in [-0.2, -0.15) is 4.98 Å². The second-order valence-electron chi connectivity index (χ2n) is 9.82. The van der Waals surface area contributed by atoms with Gasteiger partial charge in [-0.15, -0.1) is 0 Å². The summed E-state index contributed by atoms with van der Waals surface area (Å²) < 4.78 is 13.4. The number of aromatic nitrogens is 3. The largest absolute Gasteiger partial charge is 0.496 e. The molecule has 4 N–H and O–H groups in total. The minimum atomic E-state index is 0.183. The highest BCUT2D eigenvalue weighted by molar-refractivity contribution is 6.09. The van der Waals surface area contributed by atoms with E-state index in [2.05, 4.69) is 43.7 Å². The van der Waals surface area contributed by atoms with Gasteiger partial charge in [-0.25, -0.2) is 4.98 Å². The Morgan fingerprint density at radius 3 is 2.59 bits per heavy atom. The van der Waals surface area contributed by atoms with Crippen LogP contribution in [0.25, 0.3) is 21.9 Å². The molecule has 0 unspecified atom stereocenters. The van der Waals surface area contributed by atoms with E-state index in [4.69, 9.17) is 20.9 Å². The highest BCUT2D eigenvalue weighted by Gasteiger charge is 2.52. The van der Waals surface area contributed by atoms with Crippen molar-refractivity contribution < 1.29 is 9.47 Å². The minimum Gasteiger partial charge on any atom is -0.496 e. The Labute approximate surface area is 198 Å². The fourth-order valence-electron chi connectivity index (χ4n) is 5.97. The molecule has 6 rings (SSSR count). The molecule has 2 aromatic carbocycles. The van der Waals surface area contributed by atoms with Gasteiger partial charge in [0.05, 0.1) is 25.3 Å². The van der Waals surface area contributed by atoms with Crippen LogP contribution in [0.2, 0.25) is 0 Å². The molecule has 1 spiro atoms. The van der Waals surface area contributed by atoms with Gasteiger partial charge in [0, 0.05) is 43.1 Å². The van der Waals surface area contributed by atoms with Gasteiger partial charge >= 0.3 is 0 Å². The number of hydrogen-bond acceptors (Lipinski definition) is 7. The van der Waals surface area contributed by atoms with Crippen molar-refractivity contribution in [2.75, 3.05) is 38.8 Å². The normalized spacial score (nSPS) is 17.8. The standard InChI is InChI=1S/C26H30N6O2/c1-33-18-10-26(11-18)14-31(15-26)12-16-7-8-21(34-2)17(9-16)13-32-20-6-4-3-5-19(20)22-23(32)24(27)30-25(28)29-22/h3-9,18H,10-15H2,1-2H3,(H4,27,28,29,30). The number of para-hydroxylation sites is 1. The number of nitrogens with zero attached hydrogens (tertiary/aromatic N) is 4. The molecule has 8 nitrogen and oxygen atoms in total. The maximum Gasteiger partial charge on any atom is 0.222 e. The zero-order valence-electron chi connectivity index (χ0n) is 19.6. The summed E-state index contributed by atoms with van der Waals surface area (Å²) >= 11 is 0. The molecule has 1 saturated carbocycles. The van der Waals surface area contributed by atoms with E-state index in [-0.39, 0.29) is 5.95 Å². The predicted molar refractivity (Wildman–Crippen MR) is 134 cm³/mol. The van der Waals surface area contributed by atoms with Crippen molar-refractivity contribution in [3.63, 3.8) is 0 Å². The van der Waals surface area contributed by atoms with Gasteiger partial charge in [0.1, 0.15) is 16.8 Å². The van der Waals surface area contributed by atoms with Crippen molar-refractivity contribution in [2.45, 2.75) is 32.0 Å². The Hall–Kier alpha value is -3.36. The van der Waals surface area contributed by atoms with Gasteiger partial charge < -0.3 is 25.5 Å². The maximum absolute atomic E-state index is 6.33. The van der Waals surface area contributed by atoms with Crippen molar-refractivity contribution in [1.82, 2.24) is 19.4 Å². The third-order valence-corrected chi connectivity index (χ3v) is 7.50. The number of methoxy groups -OCH3 is 2. The average Bonchev–Trinajstić information content (AvgIpc) is 3.08. The number of nitrogen functional groups attached to an aromatic ring is 2. The van der Waals surface area contributed by atoms with E-state index in [9.17, 15) is 0 Å². The summed E-state index contributed by atoms with van der Waals surface area (Å²) in [5.41, 5.74) is 17.7. The van der Waals surface area contributed by atoms with E-state index in [1.54, 1.807) is 7.11 Å². The van der Waals surface area contributed by atoms with E-state index in [1.807, 2.05) is 25.3 Å². The van der Waals surface area contributed by atoms with Crippen molar-refractivity contribution in [2.24, 2.45) is 5.41 Å². The monoisotopic (exact) mass is 458 g/mol. The third kappa shape index (κ3) is 3.36. The van der Waals surface area contributed by atoms with Gasteiger partial charge in [-0.1, -0.05) is 24.3 Å². The fourth-order valence-corrected chi connectivity index (χ4v) is 5.97. The molecule has 2 fully saturated rings. The van der Waals surface area contributed by atoms with Crippen LogP contribution in [-0.4, -0.2) is 52.8 Å². The first-order chi connectivity index (χ1) is 16.5. The minimum absolute atomic E-state index is 0.183. The van der Waals surface area contributed by atoms with Crippen LogP contribution >= 0.6 is 0 Å². The summed E-state index contributed by atoms with van der Waals surface area (Å²) in [6.07, 6.45) is 2.83. The molecule has 0 bridgehead atoms. The van der Waals surface area contributed by atoms with Crippen molar-refractivity contribution in [1.29, 1.82) is 0 Å². The number of ether oxygens (including phenoxy) is 2. The van der Waals surface area contributed by atoms with Crippen LogP contribution < -0.4 is 16.2 Å². The zero-order chi connectivity index (χ0) is 23.4. The van der Waals surface area contributed by atoms with Gasteiger partial charge in [-0.05, 0) is 36.6 Å². The summed E-state index contributed by atoms with van der Waals surface area (Å²) in [6.45, 7) is 3.83. The number of anilines is 2. The Morgan fingerprint density at radius 2 is 1.82 bits per heavy atom. The lowest BCUT2D eigenvalue weighted by Gasteiger charge is -2.58. The van der Waals surface area contributed by atoms with E-state index in [0.717, 1.165) is 52.9 Å². The van der Waals surface area contributed by atoms with Gasteiger partial charge in [-0.3, -0.25) is 4.90 Å². The quantitative estimate of drug-likeness (QED) is 0.456. The Kier molecular flexibility index (Phi) is 4.89. The molecule has 1 saturated heterocycles. The number of fused-ring (bicyclic) bond motifs is 3. The molecule has 1 aliphatic heterocycles. The van der Waals surface area contributed by atoms with Crippen molar-refractivity contribution in [3.8, 4) is 5.75 Å². The van der Waals surface area contributed by atoms with E-state index in [0.29, 0.717) is 23.9 Å². The predicted octanol–water partition coefficient (Wildman–Crippen LogP) is 3.42. The molecule has 2 aromatic heterocycles. The topological polar surface area (TPSA) is 104 Å². The summed E-state index contributed by atoms with van der Waals surface area (Å²) in [4.78, 5) is 11.3. The second-order valence-corrected chi connectivity index (χ2v) is 9.82. The van der Waals surface area contributed by atoms with Crippen LogP contribution in [0.15, 0.2) is 42.5 Å². The number of rotatable bonds is 6. The van der Waals surface area contributed by atoms with Crippen LogP contribution in [0.5, 0.6) is 5.75 Å². The van der Waals surface area contributed by atoms with Gasteiger partial charge in [0.2, 0.25) is 5.95 Å². The number of hydrogen-bond donors (Lipinski definition) is 2. The average molecular weight is 459 g/mol. The van der Waals surface area contributed by atoms with Crippen LogP contribution in [0.3, 0.4) is 0 Å². The van der Waals surface area contributed by atoms with Crippen LogP contribution in [0.1, 0.15) is 24.0 Å². The first kappa shape index (κ1) is 21.2. The number of benzene rings is 2. The van der Waals surface area contributed by atoms with E-state index >= 15 is 0 Å². The van der Waals surface area contributed by atoms with Gasteiger partial charge in [0.25, 0.3) is 0 Å². The van der Waals surface area contributed by atoms with E-state index in [1.165, 1.54) is 18.4 Å². The molecule has 2 aliphatic rings. The number of likely N-dealkylation sites (tertiary alicyclic amines) is 1. The molecule has 1 aliphatic carbocycles. The molecule has 0 amide bonds. The van der Waals surface area contributed by atoms with Crippen LogP contribution in [0.4, 0.5) is 11.8 Å². The SMILES string of the molecule is COc1ccc(CN2CC3(CC(OC)C3)C2)cc1Cn1c2ccccc2c2nc(N)nc(N)c21. The smallest absolute Gasteiger partial charge is 0.222 e. The van der Waals surface area contributed by atoms with Crippen LogP contribution in [-0.2, 0) is 17.8 Å². The van der Waals surface area contributed by atoms with Crippen molar-refractivity contribution in [3.05, 3.63) is 53.6 Å². The molecule has 0 atom stereocenters. The Balaban J connectivity index is 1.32. The molecule has 3 heterocycles. The summed E-state index contributed by atoms with van der Waals surface area (Å²) in [5, 5.41) is 1.01. The van der Waals surface area contributed by atoms with Crippen molar-refractivity contribution >= 4 is 33.7 Å². The Bertz CT molecular complexity index is 1380. The summed E-state index contributed by atoms with van der Waals surface area (Å²) in [7, 11) is 3.53. The molecular formula is C26H30N6O2. The molecule has 8 heteroatoms. The number of nitrogens with two attached hydrogens (primary N) is 2. The highest BCUT2D eigenvalue weighted by Crippen LogP contribution is 2.49.